The molecule has 1 aromatic carbocycles. The molecule has 2 aromatic rings. The Morgan fingerprint density at radius 3 is 1.95 bits per heavy atom. The molecule has 6 unspecified atom stereocenters. The van der Waals surface area contributed by atoms with Crippen LogP contribution in [0.1, 0.15) is 91.3 Å². The Bertz CT molecular complexity index is 1170. The van der Waals surface area contributed by atoms with E-state index in [4.69, 9.17) is 5.26 Å². The standard InChI is InChI=1S/C19H26N2O.C18H28N2O/c1-13(2)17-9-4-14(3)12-18(17)19(22)21-16-7-5-15(6-8-16)10-11-20;1-13(2)16-8-7-14(3)12-17(16)18(21)20-11-9-15-6-4-5-10-19-15/h5-8,13-14,17-18H,4,9-10,12H2,1-3H3,(H,21,22);4-6,10,13-14,16-17H,7-9,11-12H2,1-3H3,(H,20,21). The summed E-state index contributed by atoms with van der Waals surface area (Å²) in [5.41, 5.74) is 2.84. The van der Waals surface area contributed by atoms with Gasteiger partial charge in [0, 0.05) is 42.4 Å². The van der Waals surface area contributed by atoms with Gasteiger partial charge in [0.05, 0.1) is 12.5 Å². The maximum Gasteiger partial charge on any atom is 0.227 e. The Hall–Kier alpha value is -3.20. The third kappa shape index (κ3) is 10.8. The van der Waals surface area contributed by atoms with Crippen LogP contribution in [0, 0.1) is 58.7 Å². The van der Waals surface area contributed by atoms with Gasteiger partial charge in [-0.1, -0.05) is 72.6 Å². The number of pyridine rings is 1. The predicted molar refractivity (Wildman–Crippen MR) is 175 cm³/mol. The summed E-state index contributed by atoms with van der Waals surface area (Å²) in [6.45, 7) is 14.1. The van der Waals surface area contributed by atoms with Crippen molar-refractivity contribution in [2.75, 3.05) is 11.9 Å². The molecule has 2 N–H and O–H groups in total. The fourth-order valence-electron chi connectivity index (χ4n) is 7.03. The summed E-state index contributed by atoms with van der Waals surface area (Å²) in [7, 11) is 0. The molecular weight excluding hydrogens is 532 g/mol. The predicted octanol–water partition coefficient (Wildman–Crippen LogP) is 7.85. The molecule has 0 bridgehead atoms. The molecule has 2 aliphatic rings. The van der Waals surface area contributed by atoms with Crippen LogP contribution in [0.15, 0.2) is 48.7 Å². The molecule has 0 aliphatic heterocycles. The number of carbonyl (C=O) groups is 2. The van der Waals surface area contributed by atoms with Gasteiger partial charge < -0.3 is 10.6 Å². The van der Waals surface area contributed by atoms with Gasteiger partial charge in [-0.3, -0.25) is 14.6 Å². The minimum absolute atomic E-state index is 0.113. The SMILES string of the molecule is CC1CCC(C(C)C)C(C(=O)NCCc2ccccn2)C1.CC1CCC(C(C)C)C(C(=O)Nc2ccc(CC#N)cc2)C1. The third-order valence-corrected chi connectivity index (χ3v) is 9.63. The lowest BCUT2D eigenvalue weighted by molar-refractivity contribution is -0.129. The quantitative estimate of drug-likeness (QED) is 0.313. The zero-order chi connectivity index (χ0) is 31.4. The molecular formula is C37H54N4O2. The number of aromatic nitrogens is 1. The molecule has 0 spiro atoms. The van der Waals surface area contributed by atoms with Gasteiger partial charge in [0.2, 0.25) is 11.8 Å². The van der Waals surface area contributed by atoms with Crippen molar-refractivity contribution in [3.63, 3.8) is 0 Å². The van der Waals surface area contributed by atoms with E-state index < -0.39 is 0 Å². The molecule has 6 nitrogen and oxygen atoms in total. The minimum Gasteiger partial charge on any atom is -0.355 e. The molecule has 234 valence electrons. The highest BCUT2D eigenvalue weighted by Crippen LogP contribution is 2.39. The van der Waals surface area contributed by atoms with E-state index in [1.54, 1.807) is 6.20 Å². The largest absolute Gasteiger partial charge is 0.355 e. The van der Waals surface area contributed by atoms with Crippen molar-refractivity contribution >= 4 is 17.5 Å². The van der Waals surface area contributed by atoms with Crippen molar-refractivity contribution in [3.8, 4) is 6.07 Å². The molecule has 1 heterocycles. The molecule has 4 rings (SSSR count). The van der Waals surface area contributed by atoms with E-state index >= 15 is 0 Å². The summed E-state index contributed by atoms with van der Waals surface area (Å²) >= 11 is 0. The van der Waals surface area contributed by atoms with Gasteiger partial charge in [-0.2, -0.15) is 5.26 Å². The highest BCUT2D eigenvalue weighted by Gasteiger charge is 2.36. The van der Waals surface area contributed by atoms with E-state index in [9.17, 15) is 9.59 Å². The lowest BCUT2D eigenvalue weighted by atomic mass is 9.70. The zero-order valence-electron chi connectivity index (χ0n) is 27.3. The van der Waals surface area contributed by atoms with Gasteiger partial charge in [0.1, 0.15) is 0 Å². The number of rotatable bonds is 9. The average Bonchev–Trinajstić information content (AvgIpc) is 2.98. The fourth-order valence-corrected chi connectivity index (χ4v) is 7.03. The van der Waals surface area contributed by atoms with Gasteiger partial charge in [0.15, 0.2) is 0 Å². The van der Waals surface area contributed by atoms with Crippen LogP contribution in [0.4, 0.5) is 5.69 Å². The second kappa shape index (κ2) is 17.2. The number of benzene rings is 1. The fraction of sp³-hybridized carbons (Fsp3) is 0.622. The van der Waals surface area contributed by atoms with Crippen LogP contribution in [0.5, 0.6) is 0 Å². The van der Waals surface area contributed by atoms with E-state index in [0.29, 0.717) is 48.5 Å². The summed E-state index contributed by atoms with van der Waals surface area (Å²) in [6, 6.07) is 15.6. The summed E-state index contributed by atoms with van der Waals surface area (Å²) in [4.78, 5) is 29.5. The van der Waals surface area contributed by atoms with Gasteiger partial charge >= 0.3 is 0 Å². The Labute approximate surface area is 260 Å². The van der Waals surface area contributed by atoms with Crippen LogP contribution < -0.4 is 10.6 Å². The first-order chi connectivity index (χ1) is 20.6. The van der Waals surface area contributed by atoms with Crippen LogP contribution in [-0.4, -0.2) is 23.3 Å². The Morgan fingerprint density at radius 1 is 0.860 bits per heavy atom. The molecule has 2 fully saturated rings. The number of amides is 2. The van der Waals surface area contributed by atoms with Crippen molar-refractivity contribution in [2.45, 2.75) is 92.9 Å². The molecule has 2 amide bonds. The monoisotopic (exact) mass is 586 g/mol. The van der Waals surface area contributed by atoms with E-state index in [0.717, 1.165) is 42.6 Å². The topological polar surface area (TPSA) is 94.9 Å². The number of hydrogen-bond acceptors (Lipinski definition) is 4. The molecule has 2 saturated carbocycles. The number of carbonyl (C=O) groups excluding carboxylic acids is 2. The maximum absolute atomic E-state index is 12.7. The summed E-state index contributed by atoms with van der Waals surface area (Å²) < 4.78 is 0. The Kier molecular flexibility index (Phi) is 13.7. The normalized spacial score (nSPS) is 25.3. The lowest BCUT2D eigenvalue weighted by Gasteiger charge is -2.36. The summed E-state index contributed by atoms with van der Waals surface area (Å²) in [5, 5.41) is 14.9. The van der Waals surface area contributed by atoms with Gasteiger partial charge in [-0.25, -0.2) is 0 Å². The molecule has 0 saturated heterocycles. The first-order valence-corrected chi connectivity index (χ1v) is 16.5. The summed E-state index contributed by atoms with van der Waals surface area (Å²) in [5.74, 6) is 4.15. The number of nitrogens with zero attached hydrogens (tertiary/aromatic N) is 2. The second-order valence-electron chi connectivity index (χ2n) is 13.7. The Balaban J connectivity index is 0.000000236. The van der Waals surface area contributed by atoms with E-state index in [2.05, 4.69) is 63.2 Å². The molecule has 0 radical (unpaired) electrons. The number of hydrogen-bond donors (Lipinski definition) is 2. The third-order valence-electron chi connectivity index (χ3n) is 9.63. The molecule has 6 atom stereocenters. The molecule has 1 aromatic heterocycles. The second-order valence-corrected chi connectivity index (χ2v) is 13.7. The Morgan fingerprint density at radius 2 is 1.44 bits per heavy atom. The van der Waals surface area contributed by atoms with E-state index in [1.165, 1.54) is 19.3 Å². The van der Waals surface area contributed by atoms with E-state index in [1.807, 2.05) is 42.5 Å². The van der Waals surface area contributed by atoms with E-state index in [-0.39, 0.29) is 23.7 Å². The van der Waals surface area contributed by atoms with Crippen molar-refractivity contribution in [1.82, 2.24) is 10.3 Å². The molecule has 6 heteroatoms. The van der Waals surface area contributed by atoms with Crippen LogP contribution in [-0.2, 0) is 22.4 Å². The molecule has 2 aliphatic carbocycles. The van der Waals surface area contributed by atoms with Gasteiger partial charge in [0.25, 0.3) is 0 Å². The van der Waals surface area contributed by atoms with Crippen molar-refractivity contribution in [1.29, 1.82) is 5.26 Å². The minimum atomic E-state index is 0.113. The highest BCUT2D eigenvalue weighted by atomic mass is 16.2. The van der Waals surface area contributed by atoms with Crippen molar-refractivity contribution in [3.05, 3.63) is 59.9 Å². The van der Waals surface area contributed by atoms with Crippen LogP contribution >= 0.6 is 0 Å². The first-order valence-electron chi connectivity index (χ1n) is 16.5. The smallest absolute Gasteiger partial charge is 0.227 e. The van der Waals surface area contributed by atoms with Crippen molar-refractivity contribution < 1.29 is 9.59 Å². The lowest BCUT2D eigenvalue weighted by Crippen LogP contribution is -2.40. The average molecular weight is 587 g/mol. The highest BCUT2D eigenvalue weighted by molar-refractivity contribution is 5.92. The van der Waals surface area contributed by atoms with Crippen LogP contribution in [0.2, 0.25) is 0 Å². The van der Waals surface area contributed by atoms with Crippen molar-refractivity contribution in [2.24, 2.45) is 47.3 Å². The first kappa shape index (κ1) is 34.3. The van der Waals surface area contributed by atoms with Crippen LogP contribution in [0.25, 0.3) is 0 Å². The number of nitriles is 1. The van der Waals surface area contributed by atoms with Gasteiger partial charge in [-0.05, 0) is 91.0 Å². The maximum atomic E-state index is 12.7. The van der Waals surface area contributed by atoms with Crippen LogP contribution in [0.3, 0.4) is 0 Å². The number of anilines is 1. The zero-order valence-corrected chi connectivity index (χ0v) is 27.3. The number of nitrogens with one attached hydrogen (secondary N) is 2. The molecule has 43 heavy (non-hydrogen) atoms. The summed E-state index contributed by atoms with van der Waals surface area (Å²) in [6.07, 6.45) is 9.88. The van der Waals surface area contributed by atoms with Gasteiger partial charge in [-0.15, -0.1) is 0 Å².